The van der Waals surface area contributed by atoms with Crippen LogP contribution in [0.15, 0.2) is 54.7 Å². The number of carbonyl (C=O) groups is 2. The molecule has 4 N–H and O–H groups in total. The van der Waals surface area contributed by atoms with Crippen molar-refractivity contribution in [2.45, 2.75) is 12.8 Å². The first kappa shape index (κ1) is 24.3. The Morgan fingerprint density at radius 1 is 1.00 bits per heavy atom. The molecular weight excluding hydrogens is 438 g/mol. The van der Waals surface area contributed by atoms with Crippen LogP contribution in [0.25, 0.3) is 11.3 Å². The van der Waals surface area contributed by atoms with Gasteiger partial charge in [0.05, 0.1) is 19.9 Å². The molecule has 34 heavy (non-hydrogen) atoms. The van der Waals surface area contributed by atoms with Crippen molar-refractivity contribution in [3.8, 4) is 22.8 Å². The molecule has 0 aliphatic carbocycles. The number of nitrogens with zero attached hydrogens (tertiary/aromatic N) is 2. The van der Waals surface area contributed by atoms with Crippen LogP contribution in [0.5, 0.6) is 11.5 Å². The molecule has 178 valence electrons. The maximum atomic E-state index is 12.0. The number of ether oxygens (including phenoxy) is 2. The molecule has 0 aliphatic rings. The van der Waals surface area contributed by atoms with Gasteiger partial charge in [-0.2, -0.15) is 0 Å². The van der Waals surface area contributed by atoms with Gasteiger partial charge in [-0.25, -0.2) is 14.8 Å². The summed E-state index contributed by atoms with van der Waals surface area (Å²) in [5.41, 5.74) is 3.20. The van der Waals surface area contributed by atoms with Crippen molar-refractivity contribution in [1.82, 2.24) is 15.3 Å². The lowest BCUT2D eigenvalue weighted by molar-refractivity contribution is -0.116. The number of rotatable bonds is 11. The molecule has 3 rings (SSSR count). The van der Waals surface area contributed by atoms with Crippen molar-refractivity contribution in [2.24, 2.45) is 0 Å². The molecule has 1 heterocycles. The summed E-state index contributed by atoms with van der Waals surface area (Å²) in [4.78, 5) is 31.4. The number of methoxy groups -OCH3 is 2. The van der Waals surface area contributed by atoms with E-state index >= 15 is 0 Å². The zero-order valence-electron chi connectivity index (χ0n) is 19.0. The third-order valence-corrected chi connectivity index (χ3v) is 4.87. The first-order chi connectivity index (χ1) is 16.5. The van der Waals surface area contributed by atoms with Crippen LogP contribution in [0.3, 0.4) is 0 Å². The highest BCUT2D eigenvalue weighted by atomic mass is 16.5. The fourth-order valence-corrected chi connectivity index (χ4v) is 3.22. The summed E-state index contributed by atoms with van der Waals surface area (Å²) >= 11 is 0. The molecule has 10 nitrogen and oxygen atoms in total. The van der Waals surface area contributed by atoms with Crippen molar-refractivity contribution in [1.29, 1.82) is 0 Å². The number of aromatic nitrogens is 2. The maximum Gasteiger partial charge on any atom is 0.404 e. The average Bonchev–Trinajstić information content (AvgIpc) is 2.84. The van der Waals surface area contributed by atoms with Gasteiger partial charge < -0.3 is 30.5 Å². The average molecular weight is 466 g/mol. The Balaban J connectivity index is 1.59. The molecule has 0 radical (unpaired) electrons. The zero-order chi connectivity index (χ0) is 24.3. The summed E-state index contributed by atoms with van der Waals surface area (Å²) in [5, 5.41) is 16.7. The number of nitrogens with one attached hydrogen (secondary N) is 3. The quantitative estimate of drug-likeness (QED) is 0.338. The van der Waals surface area contributed by atoms with Gasteiger partial charge >= 0.3 is 6.09 Å². The van der Waals surface area contributed by atoms with Crippen LogP contribution in [0.1, 0.15) is 12.0 Å². The number of hydrogen-bond acceptors (Lipinski definition) is 7. The van der Waals surface area contributed by atoms with Gasteiger partial charge in [0.15, 0.2) is 11.5 Å². The molecule has 0 spiro atoms. The Morgan fingerprint density at radius 2 is 1.82 bits per heavy atom. The van der Waals surface area contributed by atoms with Crippen LogP contribution in [0.2, 0.25) is 0 Å². The van der Waals surface area contributed by atoms with Crippen molar-refractivity contribution in [2.75, 3.05) is 37.9 Å². The van der Waals surface area contributed by atoms with Crippen LogP contribution < -0.4 is 25.4 Å². The molecule has 10 heteroatoms. The zero-order valence-corrected chi connectivity index (χ0v) is 19.0. The van der Waals surface area contributed by atoms with E-state index < -0.39 is 6.09 Å². The summed E-state index contributed by atoms with van der Waals surface area (Å²) in [7, 11) is 3.21. The molecule has 0 unspecified atom stereocenters. The van der Waals surface area contributed by atoms with Gasteiger partial charge in [-0.1, -0.05) is 18.2 Å². The third kappa shape index (κ3) is 7.09. The van der Waals surface area contributed by atoms with Gasteiger partial charge in [0.1, 0.15) is 0 Å². The minimum atomic E-state index is -1.16. The predicted octanol–water partition coefficient (Wildman–Crippen LogP) is 3.41. The Hall–Kier alpha value is -4.34. The highest BCUT2D eigenvalue weighted by Crippen LogP contribution is 2.27. The topological polar surface area (TPSA) is 135 Å². The van der Waals surface area contributed by atoms with E-state index in [9.17, 15) is 9.59 Å². The lowest BCUT2D eigenvalue weighted by atomic mass is 10.1. The first-order valence-corrected chi connectivity index (χ1v) is 10.6. The molecule has 3 aromatic rings. The van der Waals surface area contributed by atoms with Crippen LogP contribution in [-0.4, -0.2) is 54.4 Å². The number of carbonyl (C=O) groups excluding carboxylic acids is 1. The van der Waals surface area contributed by atoms with Crippen LogP contribution in [0.4, 0.5) is 16.4 Å². The van der Waals surface area contributed by atoms with E-state index in [4.69, 9.17) is 14.6 Å². The van der Waals surface area contributed by atoms with Crippen molar-refractivity contribution < 1.29 is 24.2 Å². The molecule has 2 aromatic carbocycles. The van der Waals surface area contributed by atoms with Crippen molar-refractivity contribution in [3.63, 3.8) is 0 Å². The van der Waals surface area contributed by atoms with Crippen LogP contribution in [0, 0.1) is 0 Å². The third-order valence-electron chi connectivity index (χ3n) is 4.87. The molecule has 0 aliphatic heterocycles. The van der Waals surface area contributed by atoms with E-state index in [1.165, 1.54) is 0 Å². The molecule has 0 atom stereocenters. The highest BCUT2D eigenvalue weighted by molar-refractivity contribution is 5.91. The van der Waals surface area contributed by atoms with E-state index in [1.54, 1.807) is 38.6 Å². The standard InChI is InChI=1S/C24H27N5O5/c1-33-20-7-6-16(14-21(20)34-2)8-11-25-23-26-12-9-19(29-23)17-4-3-5-18(15-17)28-22(30)10-13-27-24(31)32/h3-7,9,12,14-15,27H,8,10-11,13H2,1-2H3,(H,28,30)(H,31,32)(H,25,26,29). The van der Waals surface area contributed by atoms with E-state index in [0.29, 0.717) is 35.4 Å². The van der Waals surface area contributed by atoms with Gasteiger partial charge in [0, 0.05) is 37.0 Å². The number of carboxylic acid groups (broad SMARTS) is 1. The Morgan fingerprint density at radius 3 is 2.59 bits per heavy atom. The van der Waals surface area contributed by atoms with E-state index in [1.807, 2.05) is 30.3 Å². The maximum absolute atomic E-state index is 12.0. The predicted molar refractivity (Wildman–Crippen MR) is 128 cm³/mol. The lowest BCUT2D eigenvalue weighted by Crippen LogP contribution is -2.25. The van der Waals surface area contributed by atoms with Crippen LogP contribution >= 0.6 is 0 Å². The molecular formula is C24H27N5O5. The Labute approximate surface area is 197 Å². The number of anilines is 2. The van der Waals surface area contributed by atoms with E-state index in [0.717, 1.165) is 17.5 Å². The van der Waals surface area contributed by atoms with Gasteiger partial charge in [0.2, 0.25) is 11.9 Å². The van der Waals surface area contributed by atoms with E-state index in [2.05, 4.69) is 25.9 Å². The Kier molecular flexibility index (Phi) is 8.61. The first-order valence-electron chi connectivity index (χ1n) is 10.6. The minimum absolute atomic E-state index is 0.0399. The number of hydrogen-bond donors (Lipinski definition) is 4. The molecule has 0 fully saturated rings. The summed E-state index contributed by atoms with van der Waals surface area (Å²) in [5.74, 6) is 1.58. The highest BCUT2D eigenvalue weighted by Gasteiger charge is 2.08. The fraction of sp³-hybridized carbons (Fsp3) is 0.250. The molecule has 2 amide bonds. The monoisotopic (exact) mass is 465 g/mol. The van der Waals surface area contributed by atoms with E-state index in [-0.39, 0.29) is 18.9 Å². The SMILES string of the molecule is COc1ccc(CCNc2nccc(-c3cccc(NC(=O)CCNC(=O)O)c3)n2)cc1OC. The van der Waals surface area contributed by atoms with Gasteiger partial charge in [-0.3, -0.25) is 4.79 Å². The summed E-state index contributed by atoms with van der Waals surface area (Å²) in [6, 6.07) is 14.8. The van der Waals surface area contributed by atoms with Crippen molar-refractivity contribution in [3.05, 3.63) is 60.3 Å². The number of amides is 2. The molecule has 1 aromatic heterocycles. The molecule has 0 saturated carbocycles. The molecule has 0 bridgehead atoms. The van der Waals surface area contributed by atoms with Gasteiger partial charge in [-0.15, -0.1) is 0 Å². The Bertz CT molecular complexity index is 1140. The summed E-state index contributed by atoms with van der Waals surface area (Å²) < 4.78 is 10.6. The minimum Gasteiger partial charge on any atom is -0.493 e. The second-order valence-electron chi connectivity index (χ2n) is 7.24. The largest absolute Gasteiger partial charge is 0.493 e. The fourth-order valence-electron chi connectivity index (χ4n) is 3.22. The van der Waals surface area contributed by atoms with Crippen LogP contribution in [-0.2, 0) is 11.2 Å². The second-order valence-corrected chi connectivity index (χ2v) is 7.24. The number of benzene rings is 2. The second kappa shape index (κ2) is 12.0. The van der Waals surface area contributed by atoms with Gasteiger partial charge in [0.25, 0.3) is 0 Å². The summed E-state index contributed by atoms with van der Waals surface area (Å²) in [6.07, 6.45) is 1.29. The smallest absolute Gasteiger partial charge is 0.404 e. The summed E-state index contributed by atoms with van der Waals surface area (Å²) in [6.45, 7) is 0.671. The van der Waals surface area contributed by atoms with Gasteiger partial charge in [-0.05, 0) is 42.3 Å². The lowest BCUT2D eigenvalue weighted by Gasteiger charge is -2.11. The van der Waals surface area contributed by atoms with Crippen molar-refractivity contribution >= 4 is 23.6 Å². The normalized spacial score (nSPS) is 10.3. The molecule has 0 saturated heterocycles.